The summed E-state index contributed by atoms with van der Waals surface area (Å²) in [6.07, 6.45) is 8.25. The highest BCUT2D eigenvalue weighted by Crippen LogP contribution is 2.24. The lowest BCUT2D eigenvalue weighted by molar-refractivity contribution is -0.133. The molecule has 1 aromatic heterocycles. The molecule has 1 aromatic rings. The van der Waals surface area contributed by atoms with Crippen molar-refractivity contribution < 1.29 is 9.59 Å². The zero-order chi connectivity index (χ0) is 19.9. The van der Waals surface area contributed by atoms with Gasteiger partial charge in [0.25, 0.3) is 0 Å². The van der Waals surface area contributed by atoms with Gasteiger partial charge in [0.15, 0.2) is 0 Å². The van der Waals surface area contributed by atoms with Crippen LogP contribution in [-0.2, 0) is 16.1 Å². The Kier molecular flexibility index (Phi) is 7.43. The molecule has 6 heteroatoms. The average Bonchev–Trinajstić information content (AvgIpc) is 2.72. The molecule has 0 aliphatic carbocycles. The lowest BCUT2D eigenvalue weighted by atomic mass is 9.93. The Morgan fingerprint density at radius 3 is 2.68 bits per heavy atom. The second-order valence-electron chi connectivity index (χ2n) is 8.62. The van der Waals surface area contributed by atoms with E-state index in [2.05, 4.69) is 29.0 Å². The number of likely N-dealkylation sites (tertiary alicyclic amines) is 2. The van der Waals surface area contributed by atoms with Gasteiger partial charge in [-0.3, -0.25) is 19.5 Å². The van der Waals surface area contributed by atoms with Crippen LogP contribution in [0.3, 0.4) is 0 Å². The predicted octanol–water partition coefficient (Wildman–Crippen LogP) is 2.45. The molecule has 0 aromatic carbocycles. The van der Waals surface area contributed by atoms with E-state index >= 15 is 0 Å². The van der Waals surface area contributed by atoms with Crippen LogP contribution >= 0.6 is 0 Å². The molecule has 1 N–H and O–H groups in total. The summed E-state index contributed by atoms with van der Waals surface area (Å²) in [5.74, 6) is 0.919. The third kappa shape index (κ3) is 5.77. The summed E-state index contributed by atoms with van der Waals surface area (Å²) in [6.45, 7) is 8.34. The first-order valence-electron chi connectivity index (χ1n) is 10.7. The topological polar surface area (TPSA) is 65.5 Å². The summed E-state index contributed by atoms with van der Waals surface area (Å²) in [5, 5.41) is 3.07. The van der Waals surface area contributed by atoms with Gasteiger partial charge in [-0.1, -0.05) is 19.9 Å². The Morgan fingerprint density at radius 2 is 2.00 bits per heavy atom. The van der Waals surface area contributed by atoms with Gasteiger partial charge >= 0.3 is 0 Å². The number of aromatic nitrogens is 1. The fourth-order valence-electron chi connectivity index (χ4n) is 4.35. The van der Waals surface area contributed by atoms with E-state index in [-0.39, 0.29) is 11.8 Å². The van der Waals surface area contributed by atoms with E-state index in [1.54, 1.807) is 12.4 Å². The first-order chi connectivity index (χ1) is 13.5. The van der Waals surface area contributed by atoms with Crippen LogP contribution < -0.4 is 5.32 Å². The fourth-order valence-corrected chi connectivity index (χ4v) is 4.35. The van der Waals surface area contributed by atoms with Gasteiger partial charge < -0.3 is 10.2 Å². The minimum absolute atomic E-state index is 0.0611. The number of pyridine rings is 1. The number of piperidine rings is 2. The standard InChI is InChI=1S/C22H34N4O2/c1-17(2)13-21(27)25-11-7-20(8-12-25)26-10-4-6-19(16-26)22(28)24-15-18-5-3-9-23-14-18/h3,5,9,14,17,19-20H,4,6-8,10-13,15-16H2,1-2H3,(H,24,28)/t19-/m1/s1. The van der Waals surface area contributed by atoms with Crippen molar-refractivity contribution in [3.63, 3.8) is 0 Å². The summed E-state index contributed by atoms with van der Waals surface area (Å²) < 4.78 is 0. The van der Waals surface area contributed by atoms with Gasteiger partial charge in [0.2, 0.25) is 11.8 Å². The number of carbonyl (C=O) groups excluding carboxylic acids is 2. The molecule has 0 saturated carbocycles. The van der Waals surface area contributed by atoms with Crippen LogP contribution in [0.5, 0.6) is 0 Å². The zero-order valence-corrected chi connectivity index (χ0v) is 17.3. The van der Waals surface area contributed by atoms with Gasteiger partial charge in [-0.2, -0.15) is 0 Å². The molecule has 2 aliphatic heterocycles. The van der Waals surface area contributed by atoms with Crippen LogP contribution in [0.1, 0.15) is 51.5 Å². The van der Waals surface area contributed by atoms with Gasteiger partial charge in [-0.25, -0.2) is 0 Å². The number of carbonyl (C=O) groups is 2. The van der Waals surface area contributed by atoms with Crippen LogP contribution in [0.2, 0.25) is 0 Å². The van der Waals surface area contributed by atoms with E-state index in [0.29, 0.717) is 30.8 Å². The monoisotopic (exact) mass is 386 g/mol. The van der Waals surface area contributed by atoms with Crippen LogP contribution in [-0.4, -0.2) is 58.8 Å². The molecule has 0 unspecified atom stereocenters. The second-order valence-corrected chi connectivity index (χ2v) is 8.62. The number of nitrogens with zero attached hydrogens (tertiary/aromatic N) is 3. The molecule has 154 valence electrons. The van der Waals surface area contributed by atoms with E-state index in [1.165, 1.54) is 0 Å². The summed E-state index contributed by atoms with van der Waals surface area (Å²) >= 11 is 0. The van der Waals surface area contributed by atoms with Gasteiger partial charge in [-0.05, 0) is 49.8 Å². The third-order valence-electron chi connectivity index (χ3n) is 5.93. The number of hydrogen-bond donors (Lipinski definition) is 1. The fraction of sp³-hybridized carbons (Fsp3) is 0.682. The molecular weight excluding hydrogens is 352 g/mol. The molecule has 0 radical (unpaired) electrons. The highest BCUT2D eigenvalue weighted by molar-refractivity contribution is 5.79. The first-order valence-corrected chi connectivity index (χ1v) is 10.7. The highest BCUT2D eigenvalue weighted by Gasteiger charge is 2.32. The van der Waals surface area contributed by atoms with E-state index in [4.69, 9.17) is 0 Å². The van der Waals surface area contributed by atoms with Gasteiger partial charge in [-0.15, -0.1) is 0 Å². The number of nitrogens with one attached hydrogen (secondary N) is 1. The molecule has 2 aliphatic rings. The van der Waals surface area contributed by atoms with Crippen LogP contribution in [0.25, 0.3) is 0 Å². The Morgan fingerprint density at radius 1 is 1.21 bits per heavy atom. The summed E-state index contributed by atoms with van der Waals surface area (Å²) in [5.41, 5.74) is 1.03. The number of amides is 2. The number of hydrogen-bond acceptors (Lipinski definition) is 4. The second kappa shape index (κ2) is 10.0. The molecule has 2 fully saturated rings. The van der Waals surface area contributed by atoms with E-state index < -0.39 is 0 Å². The van der Waals surface area contributed by atoms with Crippen molar-refractivity contribution >= 4 is 11.8 Å². The molecule has 0 spiro atoms. The first kappa shape index (κ1) is 20.8. The SMILES string of the molecule is CC(C)CC(=O)N1CCC(N2CCC[C@@H](C(=O)NCc3cccnc3)C2)CC1. The van der Waals surface area contributed by atoms with Crippen molar-refractivity contribution in [2.75, 3.05) is 26.2 Å². The van der Waals surface area contributed by atoms with E-state index in [9.17, 15) is 9.59 Å². The Balaban J connectivity index is 1.44. The van der Waals surface area contributed by atoms with Gasteiger partial charge in [0.05, 0.1) is 5.92 Å². The molecule has 3 rings (SSSR count). The van der Waals surface area contributed by atoms with E-state index in [0.717, 1.165) is 57.4 Å². The average molecular weight is 387 g/mol. The zero-order valence-electron chi connectivity index (χ0n) is 17.3. The minimum atomic E-state index is 0.0611. The van der Waals surface area contributed by atoms with Crippen molar-refractivity contribution in [2.24, 2.45) is 11.8 Å². The smallest absolute Gasteiger partial charge is 0.224 e. The lowest BCUT2D eigenvalue weighted by Crippen LogP contribution is -2.51. The van der Waals surface area contributed by atoms with Crippen LogP contribution in [0.15, 0.2) is 24.5 Å². The van der Waals surface area contributed by atoms with Crippen molar-refractivity contribution in [2.45, 2.75) is 58.5 Å². The Labute approximate surface area is 168 Å². The summed E-state index contributed by atoms with van der Waals surface area (Å²) in [6, 6.07) is 4.37. The van der Waals surface area contributed by atoms with Crippen molar-refractivity contribution in [1.82, 2.24) is 20.1 Å². The Bertz CT molecular complexity index is 641. The number of rotatable bonds is 6. The molecule has 28 heavy (non-hydrogen) atoms. The molecule has 0 bridgehead atoms. The predicted molar refractivity (Wildman–Crippen MR) is 109 cm³/mol. The maximum Gasteiger partial charge on any atom is 0.224 e. The molecule has 3 heterocycles. The van der Waals surface area contributed by atoms with Gasteiger partial charge in [0.1, 0.15) is 0 Å². The van der Waals surface area contributed by atoms with E-state index in [1.807, 2.05) is 17.0 Å². The quantitative estimate of drug-likeness (QED) is 0.816. The van der Waals surface area contributed by atoms with Crippen molar-refractivity contribution in [1.29, 1.82) is 0 Å². The van der Waals surface area contributed by atoms with Crippen molar-refractivity contribution in [3.05, 3.63) is 30.1 Å². The largest absolute Gasteiger partial charge is 0.352 e. The van der Waals surface area contributed by atoms with Crippen molar-refractivity contribution in [3.8, 4) is 0 Å². The van der Waals surface area contributed by atoms with Crippen LogP contribution in [0.4, 0.5) is 0 Å². The normalized spacial score (nSPS) is 21.7. The maximum atomic E-state index is 12.6. The molecule has 2 amide bonds. The lowest BCUT2D eigenvalue weighted by Gasteiger charge is -2.42. The summed E-state index contributed by atoms with van der Waals surface area (Å²) in [4.78, 5) is 33.5. The van der Waals surface area contributed by atoms with Crippen LogP contribution in [0, 0.1) is 11.8 Å². The highest BCUT2D eigenvalue weighted by atomic mass is 16.2. The third-order valence-corrected chi connectivity index (χ3v) is 5.93. The maximum absolute atomic E-state index is 12.6. The minimum Gasteiger partial charge on any atom is -0.352 e. The van der Waals surface area contributed by atoms with Gasteiger partial charge in [0, 0.05) is 51.0 Å². The molecule has 2 saturated heterocycles. The molecule has 6 nitrogen and oxygen atoms in total. The molecule has 1 atom stereocenters. The summed E-state index contributed by atoms with van der Waals surface area (Å²) in [7, 11) is 0. The molecular formula is C22H34N4O2. The Hall–Kier alpha value is -1.95.